The summed E-state index contributed by atoms with van der Waals surface area (Å²) >= 11 is 0. The van der Waals surface area contributed by atoms with Gasteiger partial charge < -0.3 is 20.4 Å². The average Bonchev–Trinajstić information content (AvgIpc) is 3.00. The topological polar surface area (TPSA) is 83.2 Å². The number of hydrogen-bond acceptors (Lipinski definition) is 3. The first-order valence-corrected chi connectivity index (χ1v) is 7.65. The molecule has 0 atom stereocenters. The first kappa shape index (κ1) is 17.5. The van der Waals surface area contributed by atoms with E-state index in [1.54, 1.807) is 19.1 Å². The van der Waals surface area contributed by atoms with Gasteiger partial charge in [0.25, 0.3) is 11.8 Å². The molecule has 2 amide bonds. The summed E-state index contributed by atoms with van der Waals surface area (Å²) in [6.07, 6.45) is 0.551. The molecule has 0 fully saturated rings. The van der Waals surface area contributed by atoms with Gasteiger partial charge in [0.05, 0.1) is 6.61 Å². The van der Waals surface area contributed by atoms with Crippen molar-refractivity contribution in [2.75, 3.05) is 20.2 Å². The Morgan fingerprint density at radius 1 is 1.21 bits per heavy atom. The van der Waals surface area contributed by atoms with Gasteiger partial charge in [-0.1, -0.05) is 12.1 Å². The molecule has 0 aliphatic rings. The second-order valence-electron chi connectivity index (χ2n) is 5.09. The van der Waals surface area contributed by atoms with Crippen molar-refractivity contribution in [3.63, 3.8) is 0 Å². The molecule has 1 heterocycles. The highest BCUT2D eigenvalue weighted by Gasteiger charge is 2.19. The number of aromatic amines is 1. The molecule has 0 radical (unpaired) electrons. The number of amides is 2. The highest BCUT2D eigenvalue weighted by Crippen LogP contribution is 2.20. The molecule has 0 spiro atoms. The Morgan fingerprint density at radius 3 is 2.54 bits per heavy atom. The number of halogens is 1. The number of benzene rings is 1. The van der Waals surface area contributed by atoms with Crippen LogP contribution >= 0.6 is 0 Å². The van der Waals surface area contributed by atoms with E-state index in [2.05, 4.69) is 15.6 Å². The normalized spacial score (nSPS) is 10.3. The number of H-pyrrole nitrogens is 1. The van der Waals surface area contributed by atoms with Crippen LogP contribution in [-0.2, 0) is 6.42 Å². The van der Waals surface area contributed by atoms with Gasteiger partial charge in [-0.25, -0.2) is 4.39 Å². The van der Waals surface area contributed by atoms with E-state index in [1.165, 1.54) is 25.2 Å². The summed E-state index contributed by atoms with van der Waals surface area (Å²) in [5.41, 5.74) is 1.36. The minimum Gasteiger partial charge on any atom is -0.491 e. The summed E-state index contributed by atoms with van der Waals surface area (Å²) in [5, 5.41) is 5.15. The predicted molar refractivity (Wildman–Crippen MR) is 87.8 cm³/mol. The van der Waals surface area contributed by atoms with Crippen LogP contribution in [0.4, 0.5) is 4.39 Å². The minimum absolute atomic E-state index is 0.192. The van der Waals surface area contributed by atoms with Crippen molar-refractivity contribution in [3.8, 4) is 5.75 Å². The molecule has 0 unspecified atom stereocenters. The van der Waals surface area contributed by atoms with Gasteiger partial charge in [0.1, 0.15) is 17.2 Å². The molecule has 0 saturated carbocycles. The zero-order chi connectivity index (χ0) is 17.5. The standard InChI is InChI=1S/C17H20FN3O3/c1-3-20-16(22)13-10-14(15(21-13)17(23)19-2)24-9-8-11-4-6-12(18)7-5-11/h4-7,10,21H,3,8-9H2,1-2H3,(H,19,23)(H,20,22). The maximum absolute atomic E-state index is 12.9. The molecular weight excluding hydrogens is 313 g/mol. The number of carbonyl (C=O) groups excluding carboxylic acids is 2. The molecule has 0 bridgehead atoms. The Labute approximate surface area is 139 Å². The number of aromatic nitrogens is 1. The van der Waals surface area contributed by atoms with Crippen LogP contribution in [0.25, 0.3) is 0 Å². The number of hydrogen-bond donors (Lipinski definition) is 3. The largest absolute Gasteiger partial charge is 0.491 e. The Kier molecular flexibility index (Phi) is 5.95. The molecular formula is C17H20FN3O3. The van der Waals surface area contributed by atoms with Crippen LogP contribution in [0, 0.1) is 5.82 Å². The third-order valence-electron chi connectivity index (χ3n) is 3.38. The summed E-state index contributed by atoms with van der Waals surface area (Å²) in [6, 6.07) is 7.62. The van der Waals surface area contributed by atoms with Crippen LogP contribution in [0.2, 0.25) is 0 Å². The number of rotatable bonds is 7. The molecule has 3 N–H and O–H groups in total. The lowest BCUT2D eigenvalue weighted by atomic mass is 10.2. The molecule has 0 aliphatic carbocycles. The zero-order valence-corrected chi connectivity index (χ0v) is 13.6. The van der Waals surface area contributed by atoms with Gasteiger partial charge in [-0.3, -0.25) is 9.59 Å². The fraction of sp³-hybridized carbons (Fsp3) is 0.294. The summed E-state index contributed by atoms with van der Waals surface area (Å²) in [4.78, 5) is 26.6. The van der Waals surface area contributed by atoms with Gasteiger partial charge in [0.2, 0.25) is 0 Å². The maximum atomic E-state index is 12.9. The maximum Gasteiger partial charge on any atom is 0.271 e. The van der Waals surface area contributed by atoms with E-state index < -0.39 is 0 Å². The molecule has 0 saturated heterocycles. The van der Waals surface area contributed by atoms with Gasteiger partial charge in [-0.2, -0.15) is 0 Å². The molecule has 128 valence electrons. The Morgan fingerprint density at radius 2 is 1.92 bits per heavy atom. The summed E-state index contributed by atoms with van der Waals surface area (Å²) in [5.74, 6) is -0.671. The van der Waals surface area contributed by atoms with Crippen molar-refractivity contribution in [1.29, 1.82) is 0 Å². The van der Waals surface area contributed by atoms with Gasteiger partial charge >= 0.3 is 0 Å². The first-order chi connectivity index (χ1) is 11.5. The second-order valence-corrected chi connectivity index (χ2v) is 5.09. The van der Waals surface area contributed by atoms with E-state index in [4.69, 9.17) is 4.74 Å². The van der Waals surface area contributed by atoms with Crippen molar-refractivity contribution in [2.24, 2.45) is 0 Å². The van der Waals surface area contributed by atoms with E-state index >= 15 is 0 Å². The summed E-state index contributed by atoms with van der Waals surface area (Å²) in [7, 11) is 1.50. The van der Waals surface area contributed by atoms with Crippen molar-refractivity contribution in [1.82, 2.24) is 15.6 Å². The van der Waals surface area contributed by atoms with Crippen LogP contribution in [0.15, 0.2) is 30.3 Å². The smallest absolute Gasteiger partial charge is 0.271 e. The lowest BCUT2D eigenvalue weighted by Gasteiger charge is -2.06. The summed E-state index contributed by atoms with van der Waals surface area (Å²) < 4.78 is 18.5. The van der Waals surface area contributed by atoms with Crippen molar-refractivity contribution >= 4 is 11.8 Å². The molecule has 6 nitrogen and oxygen atoms in total. The Balaban J connectivity index is 2.08. The molecule has 1 aromatic carbocycles. The van der Waals surface area contributed by atoms with E-state index in [0.29, 0.717) is 25.3 Å². The van der Waals surface area contributed by atoms with Crippen molar-refractivity contribution in [2.45, 2.75) is 13.3 Å². The highest BCUT2D eigenvalue weighted by atomic mass is 19.1. The van der Waals surface area contributed by atoms with Crippen LogP contribution in [0.1, 0.15) is 33.5 Å². The van der Waals surface area contributed by atoms with Crippen molar-refractivity contribution in [3.05, 3.63) is 53.1 Å². The number of nitrogens with one attached hydrogen (secondary N) is 3. The molecule has 2 rings (SSSR count). The van der Waals surface area contributed by atoms with Crippen LogP contribution in [0.5, 0.6) is 5.75 Å². The molecule has 2 aromatic rings. The average molecular weight is 333 g/mol. The third-order valence-corrected chi connectivity index (χ3v) is 3.38. The Bertz CT molecular complexity index is 710. The Hall–Kier alpha value is -2.83. The monoisotopic (exact) mass is 333 g/mol. The number of carbonyl (C=O) groups is 2. The van der Waals surface area contributed by atoms with E-state index in [0.717, 1.165) is 5.56 Å². The van der Waals surface area contributed by atoms with Crippen LogP contribution < -0.4 is 15.4 Å². The van der Waals surface area contributed by atoms with Gasteiger partial charge in [0.15, 0.2) is 5.75 Å². The predicted octanol–water partition coefficient (Wildman–Crippen LogP) is 1.88. The molecule has 7 heteroatoms. The van der Waals surface area contributed by atoms with E-state index in [-0.39, 0.29) is 29.0 Å². The molecule has 24 heavy (non-hydrogen) atoms. The minimum atomic E-state index is -0.373. The first-order valence-electron chi connectivity index (χ1n) is 7.65. The summed E-state index contributed by atoms with van der Waals surface area (Å²) in [6.45, 7) is 2.58. The lowest BCUT2D eigenvalue weighted by molar-refractivity contribution is 0.0951. The van der Waals surface area contributed by atoms with Crippen LogP contribution in [0.3, 0.4) is 0 Å². The van der Waals surface area contributed by atoms with E-state index in [1.807, 2.05) is 0 Å². The SMILES string of the molecule is CCNC(=O)c1cc(OCCc2ccc(F)cc2)c(C(=O)NC)[nH]1. The fourth-order valence-electron chi connectivity index (χ4n) is 2.15. The lowest BCUT2D eigenvalue weighted by Crippen LogP contribution is -2.23. The molecule has 0 aliphatic heterocycles. The quantitative estimate of drug-likeness (QED) is 0.723. The molecule has 1 aromatic heterocycles. The van der Waals surface area contributed by atoms with Gasteiger partial charge in [0, 0.05) is 26.1 Å². The number of ether oxygens (including phenoxy) is 1. The van der Waals surface area contributed by atoms with Crippen molar-refractivity contribution < 1.29 is 18.7 Å². The highest BCUT2D eigenvalue weighted by molar-refractivity contribution is 5.99. The van der Waals surface area contributed by atoms with Gasteiger partial charge in [-0.05, 0) is 24.6 Å². The fourth-order valence-corrected chi connectivity index (χ4v) is 2.15. The zero-order valence-electron chi connectivity index (χ0n) is 13.6. The van der Waals surface area contributed by atoms with Gasteiger partial charge in [-0.15, -0.1) is 0 Å². The van der Waals surface area contributed by atoms with E-state index in [9.17, 15) is 14.0 Å². The van der Waals surface area contributed by atoms with Crippen LogP contribution in [-0.4, -0.2) is 37.0 Å². The second kappa shape index (κ2) is 8.14. The third kappa shape index (κ3) is 4.34.